The van der Waals surface area contributed by atoms with Crippen molar-refractivity contribution in [2.45, 2.75) is 25.2 Å². The first-order chi connectivity index (χ1) is 11.8. The van der Waals surface area contributed by atoms with Crippen molar-refractivity contribution in [2.24, 2.45) is 0 Å². The molecule has 138 valence electrons. The molecule has 1 aromatic carbocycles. The summed E-state index contributed by atoms with van der Waals surface area (Å²) in [5, 5.41) is 4.45. The minimum Gasteiger partial charge on any atom is -0.452 e. The number of esters is 1. The Balaban J connectivity index is 2.55. The van der Waals surface area contributed by atoms with Gasteiger partial charge in [-0.05, 0) is 30.7 Å². The van der Waals surface area contributed by atoms with Gasteiger partial charge in [-0.25, -0.2) is 22.7 Å². The average molecular weight is 371 g/mol. The van der Waals surface area contributed by atoms with Crippen LogP contribution in [0.3, 0.4) is 0 Å². The number of benzene rings is 1. The van der Waals surface area contributed by atoms with E-state index in [1.54, 1.807) is 6.92 Å². The van der Waals surface area contributed by atoms with Gasteiger partial charge in [-0.2, -0.15) is 0 Å². The van der Waals surface area contributed by atoms with Crippen LogP contribution in [0.5, 0.6) is 0 Å². The molecule has 3 N–H and O–H groups in total. The quantitative estimate of drug-likeness (QED) is 0.566. The highest BCUT2D eigenvalue weighted by atomic mass is 32.2. The number of rotatable bonds is 8. The molecular formula is C15H21N3O6S. The maximum absolute atomic E-state index is 11.8. The number of sulfonamides is 1. The number of amides is 3. The zero-order valence-electron chi connectivity index (χ0n) is 14.0. The highest BCUT2D eigenvalue weighted by molar-refractivity contribution is 7.89. The molecule has 0 aliphatic heterocycles. The van der Waals surface area contributed by atoms with Gasteiger partial charge < -0.3 is 10.1 Å². The number of carbonyl (C=O) groups excluding carboxylic acids is 3. The van der Waals surface area contributed by atoms with Crippen molar-refractivity contribution in [3.63, 3.8) is 0 Å². The second-order valence-electron chi connectivity index (χ2n) is 4.91. The fraction of sp³-hybridized carbons (Fsp3) is 0.400. The van der Waals surface area contributed by atoms with Gasteiger partial charge in [0.05, 0.1) is 10.5 Å². The van der Waals surface area contributed by atoms with E-state index < -0.39 is 34.5 Å². The van der Waals surface area contributed by atoms with E-state index in [1.807, 2.05) is 12.2 Å². The van der Waals surface area contributed by atoms with Gasteiger partial charge in [-0.3, -0.25) is 10.1 Å². The van der Waals surface area contributed by atoms with Crippen LogP contribution in [0, 0.1) is 0 Å². The minimum atomic E-state index is -3.61. The zero-order chi connectivity index (χ0) is 18.9. The summed E-state index contributed by atoms with van der Waals surface area (Å²) >= 11 is 0. The summed E-state index contributed by atoms with van der Waals surface area (Å²) in [6.45, 7) is 3.54. The summed E-state index contributed by atoms with van der Waals surface area (Å²) in [7, 11) is -3.61. The fourth-order valence-electron chi connectivity index (χ4n) is 1.70. The van der Waals surface area contributed by atoms with Crippen molar-refractivity contribution in [1.29, 1.82) is 0 Å². The molecule has 1 rings (SSSR count). The monoisotopic (exact) mass is 371 g/mol. The Morgan fingerprint density at radius 2 is 1.72 bits per heavy atom. The van der Waals surface area contributed by atoms with Crippen molar-refractivity contribution in [1.82, 2.24) is 15.4 Å². The Morgan fingerprint density at radius 1 is 1.08 bits per heavy atom. The fourth-order valence-corrected chi connectivity index (χ4v) is 2.74. The molecule has 0 unspecified atom stereocenters. The number of ether oxygens (including phenoxy) is 1. The van der Waals surface area contributed by atoms with Crippen LogP contribution in [-0.2, 0) is 19.6 Å². The van der Waals surface area contributed by atoms with Crippen LogP contribution in [0.2, 0.25) is 0 Å². The maximum Gasteiger partial charge on any atom is 0.338 e. The SMILES string of the molecule is CCCNC(=O)NC(=O)COC(=O)c1ccc(S(=O)(=O)NCC)cc1. The van der Waals surface area contributed by atoms with Gasteiger partial charge in [0.1, 0.15) is 0 Å². The number of nitrogens with one attached hydrogen (secondary N) is 3. The average Bonchev–Trinajstić information content (AvgIpc) is 2.58. The van der Waals surface area contributed by atoms with Crippen LogP contribution < -0.4 is 15.4 Å². The smallest absolute Gasteiger partial charge is 0.338 e. The summed E-state index contributed by atoms with van der Waals surface area (Å²) in [4.78, 5) is 34.6. The molecule has 0 spiro atoms. The van der Waals surface area contributed by atoms with Crippen molar-refractivity contribution < 1.29 is 27.5 Å². The molecule has 9 nitrogen and oxygen atoms in total. The molecule has 0 radical (unpaired) electrons. The third kappa shape index (κ3) is 6.89. The summed E-state index contributed by atoms with van der Waals surface area (Å²) in [6, 6.07) is 4.40. The molecule has 0 atom stereocenters. The van der Waals surface area contributed by atoms with E-state index in [0.717, 1.165) is 6.42 Å². The van der Waals surface area contributed by atoms with E-state index in [1.165, 1.54) is 24.3 Å². The number of carbonyl (C=O) groups is 3. The number of imide groups is 1. The van der Waals surface area contributed by atoms with E-state index >= 15 is 0 Å². The topological polar surface area (TPSA) is 131 Å². The van der Waals surface area contributed by atoms with E-state index in [9.17, 15) is 22.8 Å². The Bertz CT molecular complexity index is 715. The molecule has 0 fully saturated rings. The number of hydrogen-bond acceptors (Lipinski definition) is 6. The molecule has 0 saturated heterocycles. The van der Waals surface area contributed by atoms with Crippen molar-refractivity contribution in [3.05, 3.63) is 29.8 Å². The van der Waals surface area contributed by atoms with Crippen LogP contribution >= 0.6 is 0 Å². The molecule has 0 aliphatic rings. The maximum atomic E-state index is 11.8. The highest BCUT2D eigenvalue weighted by Gasteiger charge is 2.15. The van der Waals surface area contributed by atoms with Crippen molar-refractivity contribution in [2.75, 3.05) is 19.7 Å². The Morgan fingerprint density at radius 3 is 2.28 bits per heavy atom. The standard InChI is InChI=1S/C15H21N3O6S/c1-3-9-16-15(21)18-13(19)10-24-14(20)11-5-7-12(8-6-11)25(22,23)17-4-2/h5-8,17H,3-4,9-10H2,1-2H3,(H2,16,18,19,21). The van der Waals surface area contributed by atoms with Crippen LogP contribution in [0.15, 0.2) is 29.2 Å². The number of urea groups is 1. The van der Waals surface area contributed by atoms with Gasteiger partial charge in [0, 0.05) is 13.1 Å². The lowest BCUT2D eigenvalue weighted by atomic mass is 10.2. The van der Waals surface area contributed by atoms with Crippen LogP contribution in [0.25, 0.3) is 0 Å². The normalized spacial score (nSPS) is 10.8. The van der Waals surface area contributed by atoms with Crippen LogP contribution in [0.4, 0.5) is 4.79 Å². The Labute approximate surface area is 146 Å². The lowest BCUT2D eigenvalue weighted by Crippen LogP contribution is -2.41. The van der Waals surface area contributed by atoms with Crippen LogP contribution in [-0.4, -0.2) is 46.0 Å². The van der Waals surface area contributed by atoms with Gasteiger partial charge in [-0.15, -0.1) is 0 Å². The van der Waals surface area contributed by atoms with Crippen molar-refractivity contribution in [3.8, 4) is 0 Å². The van der Waals surface area contributed by atoms with E-state index in [0.29, 0.717) is 6.54 Å². The van der Waals surface area contributed by atoms with Crippen molar-refractivity contribution >= 4 is 27.9 Å². The second kappa shape index (κ2) is 9.74. The van der Waals surface area contributed by atoms with Gasteiger partial charge in [0.25, 0.3) is 5.91 Å². The number of hydrogen-bond donors (Lipinski definition) is 3. The molecule has 25 heavy (non-hydrogen) atoms. The summed E-state index contributed by atoms with van der Waals surface area (Å²) < 4.78 is 30.7. The molecule has 10 heteroatoms. The lowest BCUT2D eigenvalue weighted by Gasteiger charge is -2.08. The second-order valence-corrected chi connectivity index (χ2v) is 6.67. The molecule has 0 heterocycles. The predicted molar refractivity (Wildman–Crippen MR) is 89.4 cm³/mol. The lowest BCUT2D eigenvalue weighted by molar-refractivity contribution is -0.123. The molecule has 0 saturated carbocycles. The first-order valence-electron chi connectivity index (χ1n) is 7.64. The first-order valence-corrected chi connectivity index (χ1v) is 9.13. The minimum absolute atomic E-state index is 0.0104. The molecule has 1 aromatic rings. The van der Waals surface area contributed by atoms with Crippen LogP contribution in [0.1, 0.15) is 30.6 Å². The molecular weight excluding hydrogens is 350 g/mol. The van der Waals surface area contributed by atoms with Gasteiger partial charge in [-0.1, -0.05) is 13.8 Å². The Hall–Kier alpha value is -2.46. The molecule has 0 aliphatic carbocycles. The zero-order valence-corrected chi connectivity index (χ0v) is 14.8. The highest BCUT2D eigenvalue weighted by Crippen LogP contribution is 2.11. The summed E-state index contributed by atoms with van der Waals surface area (Å²) in [5.41, 5.74) is 0.0821. The first kappa shape index (κ1) is 20.6. The van der Waals surface area contributed by atoms with E-state index in [4.69, 9.17) is 4.74 Å². The molecule has 0 aromatic heterocycles. The Kier molecular flexibility index (Phi) is 8.02. The third-order valence-electron chi connectivity index (χ3n) is 2.86. The molecule has 3 amide bonds. The van der Waals surface area contributed by atoms with Gasteiger partial charge in [0.2, 0.25) is 10.0 Å². The van der Waals surface area contributed by atoms with E-state index in [-0.39, 0.29) is 17.0 Å². The summed E-state index contributed by atoms with van der Waals surface area (Å²) in [5.74, 6) is -1.58. The summed E-state index contributed by atoms with van der Waals surface area (Å²) in [6.07, 6.45) is 0.718. The van der Waals surface area contributed by atoms with E-state index in [2.05, 4.69) is 10.0 Å². The third-order valence-corrected chi connectivity index (χ3v) is 4.42. The molecule has 0 bridgehead atoms. The largest absolute Gasteiger partial charge is 0.452 e. The van der Waals surface area contributed by atoms with Gasteiger partial charge in [0.15, 0.2) is 6.61 Å². The van der Waals surface area contributed by atoms with Gasteiger partial charge >= 0.3 is 12.0 Å². The predicted octanol–water partition coefficient (Wildman–Crippen LogP) is 0.377.